The van der Waals surface area contributed by atoms with E-state index < -0.39 is 0 Å². The van der Waals surface area contributed by atoms with Crippen LogP contribution in [-0.4, -0.2) is 24.2 Å². The maximum absolute atomic E-state index is 6.01. The summed E-state index contributed by atoms with van der Waals surface area (Å²) >= 11 is 6.01. The molecule has 7 heteroatoms. The largest absolute Gasteiger partial charge is 0.497 e. The third-order valence-corrected chi connectivity index (χ3v) is 3.35. The molecular formula is C15H14ClN3O3. The number of nitrogens with one attached hydrogen (secondary N) is 1. The Morgan fingerprint density at radius 2 is 2.09 bits per heavy atom. The summed E-state index contributed by atoms with van der Waals surface area (Å²) in [6.45, 7) is 0.481. The Hall–Kier alpha value is -2.47. The van der Waals surface area contributed by atoms with Crippen LogP contribution in [0.4, 0.5) is 5.82 Å². The van der Waals surface area contributed by atoms with Crippen molar-refractivity contribution >= 4 is 28.3 Å². The molecule has 0 aliphatic heterocycles. The van der Waals surface area contributed by atoms with Crippen molar-refractivity contribution < 1.29 is 13.9 Å². The molecule has 22 heavy (non-hydrogen) atoms. The number of rotatable bonds is 5. The second-order valence-electron chi connectivity index (χ2n) is 4.50. The highest BCUT2D eigenvalue weighted by Gasteiger charge is 2.13. The van der Waals surface area contributed by atoms with Gasteiger partial charge in [0.2, 0.25) is 5.28 Å². The van der Waals surface area contributed by atoms with Gasteiger partial charge in [0.15, 0.2) is 0 Å². The number of anilines is 1. The molecule has 0 atom stereocenters. The van der Waals surface area contributed by atoms with Crippen molar-refractivity contribution in [3.63, 3.8) is 0 Å². The molecule has 1 N–H and O–H groups in total. The lowest BCUT2D eigenvalue weighted by Crippen LogP contribution is -2.03. The summed E-state index contributed by atoms with van der Waals surface area (Å²) in [7, 11) is 3.16. The Bertz CT molecular complexity index is 790. The van der Waals surface area contributed by atoms with E-state index in [2.05, 4.69) is 15.3 Å². The van der Waals surface area contributed by atoms with Gasteiger partial charge in [0.05, 0.1) is 32.4 Å². The summed E-state index contributed by atoms with van der Waals surface area (Å²) in [4.78, 5) is 8.48. The van der Waals surface area contributed by atoms with Crippen LogP contribution < -0.4 is 14.8 Å². The van der Waals surface area contributed by atoms with Gasteiger partial charge in [-0.15, -0.1) is 0 Å². The molecule has 0 bridgehead atoms. The van der Waals surface area contributed by atoms with Crippen LogP contribution in [0.1, 0.15) is 5.76 Å². The minimum atomic E-state index is 0.137. The van der Waals surface area contributed by atoms with E-state index in [0.717, 1.165) is 11.1 Å². The van der Waals surface area contributed by atoms with E-state index >= 15 is 0 Å². The summed E-state index contributed by atoms with van der Waals surface area (Å²) in [6, 6.07) is 7.29. The minimum Gasteiger partial charge on any atom is -0.497 e. The molecule has 0 fully saturated rings. The zero-order valence-electron chi connectivity index (χ0n) is 12.1. The molecule has 0 radical (unpaired) electrons. The summed E-state index contributed by atoms with van der Waals surface area (Å²) in [5.41, 5.74) is 0.616. The molecule has 3 rings (SSSR count). The first-order chi connectivity index (χ1) is 10.7. The molecule has 2 aromatic heterocycles. The molecule has 114 valence electrons. The van der Waals surface area contributed by atoms with Crippen molar-refractivity contribution in [2.75, 3.05) is 19.5 Å². The van der Waals surface area contributed by atoms with E-state index in [1.807, 2.05) is 18.2 Å². The number of methoxy groups -OCH3 is 2. The number of halogens is 1. The lowest BCUT2D eigenvalue weighted by atomic mass is 10.2. The number of benzene rings is 1. The first-order valence-electron chi connectivity index (χ1n) is 6.57. The van der Waals surface area contributed by atoms with Crippen LogP contribution in [0.25, 0.3) is 10.9 Å². The fraction of sp³-hybridized carbons (Fsp3) is 0.200. The highest BCUT2D eigenvalue weighted by Crippen LogP contribution is 2.34. The highest BCUT2D eigenvalue weighted by molar-refractivity contribution is 6.29. The molecule has 0 saturated heterocycles. The van der Waals surface area contributed by atoms with Crippen molar-refractivity contribution in [1.82, 2.24) is 9.97 Å². The van der Waals surface area contributed by atoms with Gasteiger partial charge >= 0.3 is 0 Å². The van der Waals surface area contributed by atoms with Crippen LogP contribution >= 0.6 is 11.6 Å². The minimum absolute atomic E-state index is 0.137. The summed E-state index contributed by atoms with van der Waals surface area (Å²) in [5.74, 6) is 2.59. The number of hydrogen-bond donors (Lipinski definition) is 1. The van der Waals surface area contributed by atoms with Gasteiger partial charge in [-0.2, -0.15) is 0 Å². The van der Waals surface area contributed by atoms with Crippen molar-refractivity contribution in [1.29, 1.82) is 0 Å². The van der Waals surface area contributed by atoms with Crippen molar-refractivity contribution in [2.24, 2.45) is 0 Å². The first-order valence-corrected chi connectivity index (χ1v) is 6.94. The average molecular weight is 320 g/mol. The van der Waals surface area contributed by atoms with Crippen LogP contribution in [0, 0.1) is 0 Å². The van der Waals surface area contributed by atoms with Crippen molar-refractivity contribution in [2.45, 2.75) is 6.54 Å². The second kappa shape index (κ2) is 6.11. The van der Waals surface area contributed by atoms with E-state index in [0.29, 0.717) is 29.4 Å². The summed E-state index contributed by atoms with van der Waals surface area (Å²) in [5, 5.41) is 4.09. The lowest BCUT2D eigenvalue weighted by molar-refractivity contribution is 0.397. The zero-order chi connectivity index (χ0) is 15.5. The lowest BCUT2D eigenvalue weighted by Gasteiger charge is -2.12. The summed E-state index contributed by atoms with van der Waals surface area (Å²) < 4.78 is 15.9. The Morgan fingerprint density at radius 3 is 2.77 bits per heavy atom. The fourth-order valence-corrected chi connectivity index (χ4v) is 2.31. The van der Waals surface area contributed by atoms with Gasteiger partial charge in [0.25, 0.3) is 0 Å². The molecule has 1 aromatic carbocycles. The van der Waals surface area contributed by atoms with Crippen molar-refractivity contribution in [3.8, 4) is 11.5 Å². The quantitative estimate of drug-likeness (QED) is 0.726. The van der Waals surface area contributed by atoms with Crippen LogP contribution in [0.3, 0.4) is 0 Å². The Kier molecular flexibility index (Phi) is 4.02. The van der Waals surface area contributed by atoms with Crippen molar-refractivity contribution in [3.05, 3.63) is 41.6 Å². The normalized spacial score (nSPS) is 10.7. The van der Waals surface area contributed by atoms with Crippen LogP contribution in [0.5, 0.6) is 11.5 Å². The highest BCUT2D eigenvalue weighted by atomic mass is 35.5. The molecule has 0 unspecified atom stereocenters. The van der Waals surface area contributed by atoms with E-state index in [4.69, 9.17) is 25.5 Å². The third kappa shape index (κ3) is 2.78. The number of hydrogen-bond acceptors (Lipinski definition) is 6. The van der Waals surface area contributed by atoms with E-state index in [-0.39, 0.29) is 5.28 Å². The number of aromatic nitrogens is 2. The smallest absolute Gasteiger partial charge is 0.225 e. The van der Waals surface area contributed by atoms with Crippen LogP contribution in [-0.2, 0) is 6.54 Å². The average Bonchev–Trinajstić information content (AvgIpc) is 3.05. The number of fused-ring (bicyclic) bond motifs is 1. The molecule has 0 spiro atoms. The molecule has 0 aliphatic rings. The van der Waals surface area contributed by atoms with E-state index in [1.54, 1.807) is 26.5 Å². The van der Waals surface area contributed by atoms with E-state index in [1.165, 1.54) is 0 Å². The maximum atomic E-state index is 6.01. The van der Waals surface area contributed by atoms with E-state index in [9.17, 15) is 0 Å². The number of ether oxygens (including phenoxy) is 2. The molecule has 2 heterocycles. The van der Waals surface area contributed by atoms with Gasteiger partial charge in [-0.3, -0.25) is 0 Å². The molecule has 0 saturated carbocycles. The van der Waals surface area contributed by atoms with Gasteiger partial charge in [-0.1, -0.05) is 0 Å². The maximum Gasteiger partial charge on any atom is 0.225 e. The topological polar surface area (TPSA) is 69.4 Å². The van der Waals surface area contributed by atoms with Crippen LogP contribution in [0.2, 0.25) is 5.28 Å². The molecule has 0 amide bonds. The SMILES string of the molecule is COc1cc(OC)c2nc(Cl)nc(NCc3ccco3)c2c1. The molecular weight excluding hydrogens is 306 g/mol. The molecule has 0 aliphatic carbocycles. The zero-order valence-corrected chi connectivity index (χ0v) is 12.8. The predicted molar refractivity (Wildman–Crippen MR) is 83.7 cm³/mol. The Morgan fingerprint density at radius 1 is 1.23 bits per heavy atom. The monoisotopic (exact) mass is 319 g/mol. The molecule has 6 nitrogen and oxygen atoms in total. The summed E-state index contributed by atoms with van der Waals surface area (Å²) in [6.07, 6.45) is 1.62. The van der Waals surface area contributed by atoms with Gasteiger partial charge in [-0.25, -0.2) is 9.97 Å². The predicted octanol–water partition coefficient (Wildman–Crippen LogP) is 3.51. The van der Waals surface area contributed by atoms with Crippen LogP contribution in [0.15, 0.2) is 34.9 Å². The Labute approximate surface area is 132 Å². The molecule has 3 aromatic rings. The third-order valence-electron chi connectivity index (χ3n) is 3.18. The fourth-order valence-electron chi connectivity index (χ4n) is 2.14. The first kappa shape index (κ1) is 14.5. The van der Waals surface area contributed by atoms with Gasteiger partial charge in [-0.05, 0) is 29.8 Å². The number of nitrogens with zero attached hydrogens (tertiary/aromatic N) is 2. The number of furan rings is 1. The van der Waals surface area contributed by atoms with Gasteiger partial charge in [0.1, 0.15) is 28.6 Å². The Balaban J connectivity index is 2.07. The van der Waals surface area contributed by atoms with Gasteiger partial charge in [0, 0.05) is 6.07 Å². The van der Waals surface area contributed by atoms with Gasteiger partial charge < -0.3 is 19.2 Å². The second-order valence-corrected chi connectivity index (χ2v) is 4.84. The standard InChI is InChI=1S/C15H14ClN3O3/c1-20-10-6-11-13(12(7-10)21-2)18-15(16)19-14(11)17-8-9-4-3-5-22-9/h3-7H,8H2,1-2H3,(H,17,18,19).